The Hall–Kier alpha value is -2.81. The molecule has 0 aliphatic rings. The van der Waals surface area contributed by atoms with Gasteiger partial charge in [-0.1, -0.05) is 24.3 Å². The van der Waals surface area contributed by atoms with Crippen LogP contribution in [0.15, 0.2) is 60.7 Å². The molecular formula is C21H21NO2. The lowest BCUT2D eigenvalue weighted by atomic mass is 10.0. The summed E-state index contributed by atoms with van der Waals surface area (Å²) in [5.74, 6) is 0.872. The van der Waals surface area contributed by atoms with Crippen molar-refractivity contribution in [2.45, 2.75) is 26.4 Å². The highest BCUT2D eigenvalue weighted by Crippen LogP contribution is 2.25. The molecule has 0 amide bonds. The lowest BCUT2D eigenvalue weighted by Crippen LogP contribution is -2.05. The van der Waals surface area contributed by atoms with Crippen LogP contribution >= 0.6 is 0 Å². The van der Waals surface area contributed by atoms with Gasteiger partial charge in [-0.3, -0.25) is 0 Å². The molecule has 0 aliphatic heterocycles. The number of hydrogen-bond donors (Lipinski definition) is 1. The third-order valence-corrected chi connectivity index (χ3v) is 3.74. The summed E-state index contributed by atoms with van der Waals surface area (Å²) >= 11 is 0. The van der Waals surface area contributed by atoms with Crippen molar-refractivity contribution in [2.75, 3.05) is 5.32 Å². The van der Waals surface area contributed by atoms with Crippen LogP contribution < -0.4 is 10.1 Å². The Morgan fingerprint density at radius 1 is 0.917 bits per heavy atom. The Kier molecular flexibility index (Phi) is 4.80. The number of benzene rings is 3. The van der Waals surface area contributed by atoms with E-state index in [2.05, 4.69) is 29.6 Å². The van der Waals surface area contributed by atoms with E-state index < -0.39 is 0 Å². The van der Waals surface area contributed by atoms with Gasteiger partial charge < -0.3 is 14.8 Å². The first-order valence-corrected chi connectivity index (χ1v) is 8.14. The van der Waals surface area contributed by atoms with Crippen molar-refractivity contribution in [3.8, 4) is 5.75 Å². The van der Waals surface area contributed by atoms with Gasteiger partial charge in [-0.25, -0.2) is 0 Å². The second-order valence-electron chi connectivity index (χ2n) is 6.08. The van der Waals surface area contributed by atoms with E-state index in [4.69, 9.17) is 4.74 Å². The minimum atomic E-state index is 0.174. The molecule has 3 heteroatoms. The summed E-state index contributed by atoms with van der Waals surface area (Å²) in [6.07, 6.45) is 1.57. The Balaban J connectivity index is 1.77. The lowest BCUT2D eigenvalue weighted by molar-refractivity contribution is -0.107. The molecule has 3 aromatic rings. The molecule has 0 heterocycles. The van der Waals surface area contributed by atoms with Gasteiger partial charge in [0.2, 0.25) is 0 Å². The van der Waals surface area contributed by atoms with Crippen molar-refractivity contribution in [2.24, 2.45) is 0 Å². The summed E-state index contributed by atoms with van der Waals surface area (Å²) in [5.41, 5.74) is 3.09. The monoisotopic (exact) mass is 319 g/mol. The number of ether oxygens (including phenoxy) is 1. The van der Waals surface area contributed by atoms with Crippen molar-refractivity contribution in [1.82, 2.24) is 0 Å². The zero-order valence-corrected chi connectivity index (χ0v) is 14.0. The highest BCUT2D eigenvalue weighted by atomic mass is 16.5. The summed E-state index contributed by atoms with van der Waals surface area (Å²) in [6.45, 7) is 4.03. The molecule has 0 aromatic heterocycles. The van der Waals surface area contributed by atoms with Crippen LogP contribution in [0.3, 0.4) is 0 Å². The van der Waals surface area contributed by atoms with E-state index in [0.29, 0.717) is 6.42 Å². The Morgan fingerprint density at radius 3 is 2.29 bits per heavy atom. The molecule has 3 rings (SSSR count). The number of rotatable bonds is 6. The van der Waals surface area contributed by atoms with Crippen LogP contribution in [0, 0.1) is 0 Å². The highest BCUT2D eigenvalue weighted by Gasteiger charge is 2.01. The molecule has 0 spiro atoms. The smallest absolute Gasteiger partial charge is 0.124 e. The number of carbonyl (C=O) groups excluding carboxylic acids is 1. The fourth-order valence-electron chi connectivity index (χ4n) is 2.65. The van der Waals surface area contributed by atoms with Crippen LogP contribution in [0.1, 0.15) is 19.4 Å². The molecule has 0 atom stereocenters. The summed E-state index contributed by atoms with van der Waals surface area (Å²) in [7, 11) is 0. The van der Waals surface area contributed by atoms with Crippen LogP contribution in [0.25, 0.3) is 10.8 Å². The number of anilines is 2. The van der Waals surface area contributed by atoms with E-state index in [9.17, 15) is 4.79 Å². The first-order chi connectivity index (χ1) is 11.6. The SMILES string of the molecule is CC(C)Oc1ccc(Nc2ccc3cc(CC=O)ccc3c2)cc1. The maximum Gasteiger partial charge on any atom is 0.124 e. The van der Waals surface area contributed by atoms with E-state index in [1.165, 1.54) is 0 Å². The quantitative estimate of drug-likeness (QED) is 0.641. The van der Waals surface area contributed by atoms with Crippen LogP contribution in [-0.4, -0.2) is 12.4 Å². The summed E-state index contributed by atoms with van der Waals surface area (Å²) in [5, 5.41) is 5.69. The highest BCUT2D eigenvalue weighted by molar-refractivity contribution is 5.87. The maximum atomic E-state index is 10.6. The predicted octanol–water partition coefficient (Wildman–Crippen LogP) is 5.11. The first kappa shape index (κ1) is 16.1. The van der Waals surface area contributed by atoms with Crippen molar-refractivity contribution in [3.05, 3.63) is 66.2 Å². The van der Waals surface area contributed by atoms with Crippen LogP contribution in [-0.2, 0) is 11.2 Å². The Bertz CT molecular complexity index is 838. The molecule has 0 aliphatic carbocycles. The number of carbonyl (C=O) groups is 1. The number of hydrogen-bond acceptors (Lipinski definition) is 3. The van der Waals surface area contributed by atoms with Gasteiger partial charge in [-0.05, 0) is 66.6 Å². The molecule has 0 saturated heterocycles. The molecule has 24 heavy (non-hydrogen) atoms. The Morgan fingerprint density at radius 2 is 1.58 bits per heavy atom. The van der Waals surface area contributed by atoms with E-state index >= 15 is 0 Å². The van der Waals surface area contributed by atoms with Crippen LogP contribution in [0.5, 0.6) is 5.75 Å². The predicted molar refractivity (Wildman–Crippen MR) is 99.2 cm³/mol. The van der Waals surface area contributed by atoms with Crippen molar-refractivity contribution in [1.29, 1.82) is 0 Å². The second kappa shape index (κ2) is 7.18. The maximum absolute atomic E-state index is 10.6. The van der Waals surface area contributed by atoms with E-state index in [-0.39, 0.29) is 6.10 Å². The summed E-state index contributed by atoms with van der Waals surface area (Å²) in [6, 6.07) is 20.3. The van der Waals surface area contributed by atoms with Gasteiger partial charge >= 0.3 is 0 Å². The van der Waals surface area contributed by atoms with Crippen molar-refractivity contribution < 1.29 is 9.53 Å². The van der Waals surface area contributed by atoms with E-state index in [0.717, 1.165) is 39.7 Å². The zero-order chi connectivity index (χ0) is 16.9. The second-order valence-corrected chi connectivity index (χ2v) is 6.08. The molecule has 0 bridgehead atoms. The van der Waals surface area contributed by atoms with Gasteiger partial charge in [0.25, 0.3) is 0 Å². The first-order valence-electron chi connectivity index (χ1n) is 8.14. The van der Waals surface area contributed by atoms with Gasteiger partial charge in [0, 0.05) is 17.8 Å². The van der Waals surface area contributed by atoms with Crippen LogP contribution in [0.4, 0.5) is 11.4 Å². The van der Waals surface area contributed by atoms with Gasteiger partial charge in [0.05, 0.1) is 6.10 Å². The number of aldehydes is 1. The molecular weight excluding hydrogens is 298 g/mol. The average molecular weight is 319 g/mol. The largest absolute Gasteiger partial charge is 0.491 e. The third kappa shape index (κ3) is 3.93. The zero-order valence-electron chi connectivity index (χ0n) is 14.0. The molecule has 0 unspecified atom stereocenters. The third-order valence-electron chi connectivity index (χ3n) is 3.74. The Labute approximate surface area is 142 Å². The molecule has 0 fully saturated rings. The number of fused-ring (bicyclic) bond motifs is 1. The molecule has 3 nitrogen and oxygen atoms in total. The number of nitrogens with one attached hydrogen (secondary N) is 1. The minimum absolute atomic E-state index is 0.174. The van der Waals surface area contributed by atoms with E-state index in [1.54, 1.807) is 0 Å². The summed E-state index contributed by atoms with van der Waals surface area (Å²) < 4.78 is 5.66. The molecule has 0 saturated carbocycles. The van der Waals surface area contributed by atoms with E-state index in [1.807, 2.05) is 50.2 Å². The molecule has 122 valence electrons. The molecule has 1 N–H and O–H groups in total. The molecule has 3 aromatic carbocycles. The molecule has 0 radical (unpaired) electrons. The fourth-order valence-corrected chi connectivity index (χ4v) is 2.65. The van der Waals surface area contributed by atoms with Gasteiger partial charge in [-0.2, -0.15) is 0 Å². The van der Waals surface area contributed by atoms with Gasteiger partial charge in [-0.15, -0.1) is 0 Å². The lowest BCUT2D eigenvalue weighted by Gasteiger charge is -2.11. The normalized spacial score (nSPS) is 10.8. The average Bonchev–Trinajstić information content (AvgIpc) is 2.57. The fraction of sp³-hybridized carbons (Fsp3) is 0.190. The van der Waals surface area contributed by atoms with Crippen molar-refractivity contribution in [3.63, 3.8) is 0 Å². The topological polar surface area (TPSA) is 38.3 Å². The van der Waals surface area contributed by atoms with Crippen LogP contribution in [0.2, 0.25) is 0 Å². The standard InChI is InChI=1S/C21H21NO2/c1-15(2)24-21-9-7-19(8-10-21)22-20-6-5-17-13-16(11-12-23)3-4-18(17)14-20/h3-10,12-15,22H,11H2,1-2H3. The van der Waals surface area contributed by atoms with Gasteiger partial charge in [0.15, 0.2) is 0 Å². The van der Waals surface area contributed by atoms with Crippen molar-refractivity contribution >= 4 is 28.4 Å². The summed E-state index contributed by atoms with van der Waals surface area (Å²) in [4.78, 5) is 10.6. The minimum Gasteiger partial charge on any atom is -0.491 e. The van der Waals surface area contributed by atoms with Gasteiger partial charge in [0.1, 0.15) is 12.0 Å².